The molecule has 5 nitrogen and oxygen atoms in total. The highest BCUT2D eigenvalue weighted by Crippen LogP contribution is 2.42. The molecule has 45 heavy (non-hydrogen) atoms. The maximum Gasteiger partial charge on any atom is 0.255 e. The van der Waals surface area contributed by atoms with Crippen LogP contribution in [0.1, 0.15) is 105 Å². The molecule has 0 spiro atoms. The number of carbonyl (C=O) groups excluding carboxylic acids is 2. The average Bonchev–Trinajstić information content (AvgIpc) is 3.48. The maximum absolute atomic E-state index is 13.7. The number of nitrogens with zero attached hydrogens (tertiary/aromatic N) is 1. The lowest BCUT2D eigenvalue weighted by atomic mass is 9.76. The number of carbonyl (C=O) groups is 2. The average molecular weight is 633 g/mol. The molecule has 0 radical (unpaired) electrons. The Balaban J connectivity index is 1.37. The normalized spacial score (nSPS) is 16.9. The number of rotatable bonds is 13. The Labute approximate surface area is 273 Å². The number of ether oxygens (including phenoxy) is 1. The van der Waals surface area contributed by atoms with Gasteiger partial charge in [0, 0.05) is 23.4 Å². The van der Waals surface area contributed by atoms with Gasteiger partial charge in [0.15, 0.2) is 0 Å². The number of amides is 2. The molecule has 3 aromatic carbocycles. The first-order valence-electron chi connectivity index (χ1n) is 16.2. The summed E-state index contributed by atoms with van der Waals surface area (Å²) in [5, 5.41) is 2.69. The van der Waals surface area contributed by atoms with Crippen LogP contribution in [0.3, 0.4) is 0 Å². The Morgan fingerprint density at radius 3 is 2.24 bits per heavy atom. The smallest absolute Gasteiger partial charge is 0.255 e. The van der Waals surface area contributed by atoms with Crippen molar-refractivity contribution < 1.29 is 18.7 Å². The Bertz CT molecular complexity index is 1450. The number of aryl methyl sites for hydroxylation is 1. The molecule has 242 valence electrons. The number of benzene rings is 3. The third-order valence-electron chi connectivity index (χ3n) is 9.38. The Morgan fingerprint density at radius 2 is 1.60 bits per heavy atom. The van der Waals surface area contributed by atoms with Crippen LogP contribution in [0.5, 0.6) is 5.75 Å². The van der Waals surface area contributed by atoms with Gasteiger partial charge >= 0.3 is 0 Å². The van der Waals surface area contributed by atoms with Gasteiger partial charge < -0.3 is 15.0 Å². The minimum absolute atomic E-state index is 0.00388. The summed E-state index contributed by atoms with van der Waals surface area (Å²) in [6, 6.07) is 19.6. The zero-order valence-corrected chi connectivity index (χ0v) is 28.7. The number of hydrogen-bond acceptors (Lipinski definition) is 4. The van der Waals surface area contributed by atoms with Gasteiger partial charge in [-0.05, 0) is 84.9 Å². The monoisotopic (exact) mass is 632 g/mol. The molecule has 1 aliphatic heterocycles. The van der Waals surface area contributed by atoms with Crippen molar-refractivity contribution in [3.05, 3.63) is 100 Å². The van der Waals surface area contributed by atoms with E-state index in [9.17, 15) is 14.0 Å². The van der Waals surface area contributed by atoms with Crippen LogP contribution in [0.25, 0.3) is 0 Å². The van der Waals surface area contributed by atoms with E-state index >= 15 is 0 Å². The molecule has 2 atom stereocenters. The molecule has 7 heteroatoms. The van der Waals surface area contributed by atoms with E-state index in [4.69, 9.17) is 4.74 Å². The second-order valence-electron chi connectivity index (χ2n) is 13.4. The van der Waals surface area contributed by atoms with Gasteiger partial charge in [-0.2, -0.15) is 0 Å². The number of halogens is 1. The molecule has 1 heterocycles. The van der Waals surface area contributed by atoms with Crippen molar-refractivity contribution in [2.75, 3.05) is 18.9 Å². The summed E-state index contributed by atoms with van der Waals surface area (Å²) in [5.74, 6) is 0.688. The van der Waals surface area contributed by atoms with E-state index < -0.39 is 6.04 Å². The number of thioether (sulfide) groups is 1. The quantitative estimate of drug-likeness (QED) is 0.192. The standard InChI is InChI=1S/C38H49FN2O3S/c1-8-37(4,5)29-18-21-33(31(24-29)38(6,7)9-2)44-23-11-10-22-40-34(42)32-25-45-36(28-16-19-30(39)20-17-28)41(32)35(43)27-14-12-26(3)13-15-27/h12-21,24,32,36H,8-11,22-23,25H2,1-7H3,(H,40,42). The molecular weight excluding hydrogens is 583 g/mol. The van der Waals surface area contributed by atoms with Gasteiger partial charge in [0.25, 0.3) is 5.91 Å². The zero-order valence-electron chi connectivity index (χ0n) is 27.9. The fraction of sp³-hybridized carbons (Fsp3) is 0.474. The molecule has 2 unspecified atom stereocenters. The first kappa shape index (κ1) is 34.6. The SMILES string of the molecule is CCC(C)(C)c1ccc(OCCCCNC(=O)C2CSC(c3ccc(F)cc3)N2C(=O)c2ccc(C)cc2)c(C(C)(C)CC)c1. The van der Waals surface area contributed by atoms with E-state index in [1.54, 1.807) is 29.2 Å². The molecule has 1 saturated heterocycles. The van der Waals surface area contributed by atoms with E-state index in [1.165, 1.54) is 35.0 Å². The second kappa shape index (κ2) is 14.8. The Hall–Kier alpha value is -3.32. The van der Waals surface area contributed by atoms with Crippen LogP contribution in [0.2, 0.25) is 0 Å². The van der Waals surface area contributed by atoms with E-state index in [0.29, 0.717) is 24.5 Å². The molecule has 1 N–H and O–H groups in total. The van der Waals surface area contributed by atoms with Crippen LogP contribution < -0.4 is 10.1 Å². The van der Waals surface area contributed by atoms with Gasteiger partial charge in [-0.25, -0.2) is 4.39 Å². The first-order chi connectivity index (χ1) is 21.4. The van der Waals surface area contributed by atoms with E-state index in [0.717, 1.165) is 42.6 Å². The number of hydrogen-bond donors (Lipinski definition) is 1. The summed E-state index contributed by atoms with van der Waals surface area (Å²) in [6.07, 6.45) is 3.62. The summed E-state index contributed by atoms with van der Waals surface area (Å²) >= 11 is 1.53. The van der Waals surface area contributed by atoms with E-state index in [2.05, 4.69) is 65.1 Å². The minimum atomic E-state index is -0.625. The molecule has 0 bridgehead atoms. The van der Waals surface area contributed by atoms with Crippen molar-refractivity contribution in [2.24, 2.45) is 0 Å². The largest absolute Gasteiger partial charge is 0.493 e. The van der Waals surface area contributed by atoms with E-state index in [-0.39, 0.29) is 33.8 Å². The van der Waals surface area contributed by atoms with Gasteiger partial charge in [0.2, 0.25) is 5.91 Å². The summed E-state index contributed by atoms with van der Waals surface area (Å²) in [5.41, 5.74) is 5.05. The highest BCUT2D eigenvalue weighted by molar-refractivity contribution is 7.99. The third kappa shape index (κ3) is 8.29. The molecule has 0 aliphatic carbocycles. The van der Waals surface area contributed by atoms with Crippen LogP contribution in [-0.2, 0) is 15.6 Å². The molecule has 0 aromatic heterocycles. The van der Waals surface area contributed by atoms with Crippen molar-refractivity contribution in [3.8, 4) is 5.75 Å². The fourth-order valence-corrected chi connectivity index (χ4v) is 6.85. The number of nitrogens with one attached hydrogen (secondary N) is 1. The lowest BCUT2D eigenvalue weighted by Gasteiger charge is -2.30. The fourth-order valence-electron chi connectivity index (χ4n) is 5.42. The van der Waals surface area contributed by atoms with Crippen molar-refractivity contribution in [3.63, 3.8) is 0 Å². The van der Waals surface area contributed by atoms with Crippen LogP contribution in [0, 0.1) is 12.7 Å². The molecule has 2 amide bonds. The molecule has 4 rings (SSSR count). The van der Waals surface area contributed by atoms with Crippen molar-refractivity contribution >= 4 is 23.6 Å². The van der Waals surface area contributed by atoms with Gasteiger partial charge in [-0.3, -0.25) is 9.59 Å². The van der Waals surface area contributed by atoms with Crippen LogP contribution in [0.4, 0.5) is 4.39 Å². The predicted molar refractivity (Wildman–Crippen MR) is 184 cm³/mol. The maximum atomic E-state index is 13.7. The third-order valence-corrected chi connectivity index (χ3v) is 10.7. The predicted octanol–water partition coefficient (Wildman–Crippen LogP) is 8.74. The lowest BCUT2D eigenvalue weighted by molar-refractivity contribution is -0.124. The minimum Gasteiger partial charge on any atom is -0.493 e. The number of unbranched alkanes of at least 4 members (excludes halogenated alkanes) is 1. The van der Waals surface area contributed by atoms with Gasteiger partial charge in [-0.15, -0.1) is 11.8 Å². The van der Waals surface area contributed by atoms with Gasteiger partial charge in [0.1, 0.15) is 23.0 Å². The Morgan fingerprint density at radius 1 is 0.933 bits per heavy atom. The molecule has 0 saturated carbocycles. The molecule has 3 aromatic rings. The summed E-state index contributed by atoms with van der Waals surface area (Å²) in [4.78, 5) is 28.8. The van der Waals surface area contributed by atoms with Crippen molar-refractivity contribution in [2.45, 2.75) is 96.4 Å². The van der Waals surface area contributed by atoms with Crippen molar-refractivity contribution in [1.82, 2.24) is 10.2 Å². The summed E-state index contributed by atoms with van der Waals surface area (Å²) in [7, 11) is 0. The topological polar surface area (TPSA) is 58.6 Å². The first-order valence-corrected chi connectivity index (χ1v) is 17.2. The van der Waals surface area contributed by atoms with Crippen LogP contribution in [0.15, 0.2) is 66.7 Å². The highest BCUT2D eigenvalue weighted by Gasteiger charge is 2.42. The summed E-state index contributed by atoms with van der Waals surface area (Å²) in [6.45, 7) is 16.6. The van der Waals surface area contributed by atoms with Crippen LogP contribution in [-0.4, -0.2) is 41.7 Å². The van der Waals surface area contributed by atoms with Gasteiger partial charge in [-0.1, -0.05) is 83.5 Å². The highest BCUT2D eigenvalue weighted by atomic mass is 32.2. The molecular formula is C38H49FN2O3S. The van der Waals surface area contributed by atoms with Crippen LogP contribution >= 0.6 is 11.8 Å². The van der Waals surface area contributed by atoms with Crippen molar-refractivity contribution in [1.29, 1.82) is 0 Å². The van der Waals surface area contributed by atoms with E-state index in [1.807, 2.05) is 19.1 Å². The summed E-state index contributed by atoms with van der Waals surface area (Å²) < 4.78 is 20.0. The molecule has 1 aliphatic rings. The second-order valence-corrected chi connectivity index (χ2v) is 14.5. The molecule has 1 fully saturated rings. The Kier molecular flexibility index (Phi) is 11.4. The lowest BCUT2D eigenvalue weighted by Crippen LogP contribution is -2.48. The zero-order chi connectivity index (χ0) is 32.8. The van der Waals surface area contributed by atoms with Gasteiger partial charge in [0.05, 0.1) is 6.61 Å².